The van der Waals surface area contributed by atoms with Crippen LogP contribution >= 0.6 is 15.9 Å². The highest BCUT2D eigenvalue weighted by Gasteiger charge is 2.23. The number of anilines is 1. The van der Waals surface area contributed by atoms with Gasteiger partial charge in [-0.3, -0.25) is 0 Å². The van der Waals surface area contributed by atoms with Gasteiger partial charge in [-0.1, -0.05) is 35.8 Å². The minimum absolute atomic E-state index is 0.769. The Balaban J connectivity index is 1.68. The lowest BCUT2D eigenvalue weighted by Gasteiger charge is -2.36. The number of nitrogens with zero attached hydrogens (tertiary/aromatic N) is 1. The van der Waals surface area contributed by atoms with Crippen molar-refractivity contribution in [3.63, 3.8) is 0 Å². The summed E-state index contributed by atoms with van der Waals surface area (Å²) < 4.78 is 1.24. The van der Waals surface area contributed by atoms with Crippen LogP contribution in [0.3, 0.4) is 0 Å². The van der Waals surface area contributed by atoms with Gasteiger partial charge in [-0.05, 0) is 48.8 Å². The first-order valence-corrected chi connectivity index (χ1v) is 8.68. The van der Waals surface area contributed by atoms with Crippen LogP contribution < -0.4 is 10.2 Å². The Bertz CT molecular complexity index is 460. The molecule has 1 saturated heterocycles. The molecule has 2 atom stereocenters. The van der Waals surface area contributed by atoms with Gasteiger partial charge in [-0.15, -0.1) is 0 Å². The maximum Gasteiger partial charge on any atom is 0.0377 e. The first kappa shape index (κ1) is 14.4. The zero-order chi connectivity index (χ0) is 14.1. The van der Waals surface area contributed by atoms with Gasteiger partial charge in [0, 0.05) is 35.8 Å². The molecule has 3 heteroatoms. The van der Waals surface area contributed by atoms with E-state index in [0.717, 1.165) is 24.4 Å². The van der Waals surface area contributed by atoms with Crippen molar-refractivity contribution in [3.8, 4) is 0 Å². The van der Waals surface area contributed by atoms with E-state index < -0.39 is 0 Å². The summed E-state index contributed by atoms with van der Waals surface area (Å²) >= 11 is 3.75. The van der Waals surface area contributed by atoms with Crippen molar-refractivity contribution in [1.82, 2.24) is 5.32 Å². The first-order valence-electron chi connectivity index (χ1n) is 7.88. The Labute approximate surface area is 131 Å². The second-order valence-electron chi connectivity index (χ2n) is 6.78. The van der Waals surface area contributed by atoms with Crippen LogP contribution in [0.1, 0.15) is 38.7 Å². The highest BCUT2D eigenvalue weighted by molar-refractivity contribution is 9.10. The Kier molecular flexibility index (Phi) is 4.37. The third-order valence-electron chi connectivity index (χ3n) is 4.43. The van der Waals surface area contributed by atoms with Crippen molar-refractivity contribution >= 4 is 21.6 Å². The molecule has 110 valence electrons. The van der Waals surface area contributed by atoms with Gasteiger partial charge in [0.1, 0.15) is 0 Å². The molecule has 1 aromatic carbocycles. The van der Waals surface area contributed by atoms with Gasteiger partial charge >= 0.3 is 0 Å². The molecule has 2 fully saturated rings. The van der Waals surface area contributed by atoms with Crippen LogP contribution in [0.4, 0.5) is 5.69 Å². The van der Waals surface area contributed by atoms with Crippen molar-refractivity contribution < 1.29 is 0 Å². The number of piperidine rings is 1. The van der Waals surface area contributed by atoms with Gasteiger partial charge in [-0.25, -0.2) is 0 Å². The van der Waals surface area contributed by atoms with Gasteiger partial charge in [0.15, 0.2) is 0 Å². The predicted molar refractivity (Wildman–Crippen MR) is 89.2 cm³/mol. The summed E-state index contributed by atoms with van der Waals surface area (Å²) in [6.45, 7) is 8.10. The molecule has 1 aliphatic heterocycles. The number of halogens is 1. The second kappa shape index (κ2) is 6.07. The summed E-state index contributed by atoms with van der Waals surface area (Å²) in [5, 5.41) is 3.58. The fraction of sp³-hybridized carbons (Fsp3) is 0.647. The van der Waals surface area contributed by atoms with E-state index in [4.69, 9.17) is 0 Å². The molecule has 2 nitrogen and oxygen atoms in total. The van der Waals surface area contributed by atoms with Crippen molar-refractivity contribution in [2.24, 2.45) is 11.8 Å². The quantitative estimate of drug-likeness (QED) is 0.887. The molecule has 0 aromatic heterocycles. The Morgan fingerprint density at radius 3 is 2.50 bits per heavy atom. The summed E-state index contributed by atoms with van der Waals surface area (Å²) in [6.07, 6.45) is 4.06. The Morgan fingerprint density at radius 1 is 1.20 bits per heavy atom. The summed E-state index contributed by atoms with van der Waals surface area (Å²) in [5.41, 5.74) is 2.74. The normalized spacial score (nSPS) is 26.9. The molecule has 0 radical (unpaired) electrons. The number of hydrogen-bond donors (Lipinski definition) is 1. The van der Waals surface area contributed by atoms with Crippen LogP contribution in [0.15, 0.2) is 22.7 Å². The van der Waals surface area contributed by atoms with E-state index in [1.807, 2.05) is 0 Å². The number of nitrogens with one attached hydrogen (secondary N) is 1. The Morgan fingerprint density at radius 2 is 1.90 bits per heavy atom. The topological polar surface area (TPSA) is 15.3 Å². The first-order chi connectivity index (χ1) is 9.61. The van der Waals surface area contributed by atoms with Crippen molar-refractivity contribution in [2.45, 2.75) is 45.7 Å². The van der Waals surface area contributed by atoms with Crippen molar-refractivity contribution in [2.75, 3.05) is 18.0 Å². The zero-order valence-corrected chi connectivity index (χ0v) is 14.1. The molecular weight excluding hydrogens is 312 g/mol. The monoisotopic (exact) mass is 336 g/mol. The summed E-state index contributed by atoms with van der Waals surface area (Å²) in [7, 11) is 0. The van der Waals surface area contributed by atoms with Crippen LogP contribution in [0, 0.1) is 11.8 Å². The maximum absolute atomic E-state index is 3.75. The van der Waals surface area contributed by atoms with Crippen LogP contribution in [-0.4, -0.2) is 19.1 Å². The standard InChI is InChI=1S/C17H25BrN2/c1-12-7-13(2)11-20(10-12)16-6-3-14(17(18)8-16)9-19-15-4-5-15/h3,6,8,12-13,15,19H,4-5,7,9-11H2,1-2H3. The molecule has 0 amide bonds. The predicted octanol–water partition coefficient (Wildman–Crippen LogP) is 4.18. The molecule has 1 heterocycles. The van der Waals surface area contributed by atoms with E-state index in [9.17, 15) is 0 Å². The van der Waals surface area contributed by atoms with E-state index in [1.165, 1.54) is 48.1 Å². The highest BCUT2D eigenvalue weighted by Crippen LogP contribution is 2.30. The van der Waals surface area contributed by atoms with E-state index >= 15 is 0 Å². The fourth-order valence-electron chi connectivity index (χ4n) is 3.29. The van der Waals surface area contributed by atoms with Gasteiger partial charge in [0.25, 0.3) is 0 Å². The largest absolute Gasteiger partial charge is 0.371 e. The molecule has 1 aliphatic carbocycles. The highest BCUT2D eigenvalue weighted by atomic mass is 79.9. The molecule has 2 aliphatic rings. The molecule has 0 bridgehead atoms. The second-order valence-corrected chi connectivity index (χ2v) is 7.64. The van der Waals surface area contributed by atoms with E-state index in [-0.39, 0.29) is 0 Å². The Hall–Kier alpha value is -0.540. The number of hydrogen-bond acceptors (Lipinski definition) is 2. The average molecular weight is 337 g/mol. The smallest absolute Gasteiger partial charge is 0.0377 e. The summed E-state index contributed by atoms with van der Waals surface area (Å²) in [6, 6.07) is 7.64. The lowest BCUT2D eigenvalue weighted by molar-refractivity contribution is 0.357. The molecule has 2 unspecified atom stereocenters. The maximum atomic E-state index is 3.75. The number of benzene rings is 1. The summed E-state index contributed by atoms with van der Waals surface area (Å²) in [4.78, 5) is 2.54. The zero-order valence-electron chi connectivity index (χ0n) is 12.5. The molecule has 1 N–H and O–H groups in total. The van der Waals surface area contributed by atoms with Crippen molar-refractivity contribution in [3.05, 3.63) is 28.2 Å². The van der Waals surface area contributed by atoms with E-state index in [1.54, 1.807) is 0 Å². The van der Waals surface area contributed by atoms with Gasteiger partial charge in [0.2, 0.25) is 0 Å². The fourth-order valence-corrected chi connectivity index (χ4v) is 3.80. The van der Waals surface area contributed by atoms with Gasteiger partial charge < -0.3 is 10.2 Å². The SMILES string of the molecule is CC1CC(C)CN(c2ccc(CNC3CC3)c(Br)c2)C1. The molecule has 1 aromatic rings. The minimum Gasteiger partial charge on any atom is -0.371 e. The lowest BCUT2D eigenvalue weighted by atomic mass is 9.91. The van der Waals surface area contributed by atoms with Crippen LogP contribution in [0.2, 0.25) is 0 Å². The van der Waals surface area contributed by atoms with Crippen molar-refractivity contribution in [1.29, 1.82) is 0 Å². The van der Waals surface area contributed by atoms with Crippen LogP contribution in [0.25, 0.3) is 0 Å². The third-order valence-corrected chi connectivity index (χ3v) is 5.17. The minimum atomic E-state index is 0.769. The molecule has 3 rings (SSSR count). The van der Waals surface area contributed by atoms with E-state index in [2.05, 4.69) is 58.2 Å². The molecular formula is C17H25BrN2. The molecule has 20 heavy (non-hydrogen) atoms. The molecule has 0 spiro atoms. The summed E-state index contributed by atoms with van der Waals surface area (Å²) in [5.74, 6) is 1.60. The average Bonchev–Trinajstić information content (AvgIpc) is 3.20. The van der Waals surface area contributed by atoms with Crippen LogP contribution in [0.5, 0.6) is 0 Å². The lowest BCUT2D eigenvalue weighted by Crippen LogP contribution is -2.38. The van der Waals surface area contributed by atoms with E-state index in [0.29, 0.717) is 0 Å². The van der Waals surface area contributed by atoms with Gasteiger partial charge in [-0.2, -0.15) is 0 Å². The number of rotatable bonds is 4. The third kappa shape index (κ3) is 3.56. The van der Waals surface area contributed by atoms with Crippen LogP contribution in [-0.2, 0) is 6.54 Å². The molecule has 1 saturated carbocycles. The van der Waals surface area contributed by atoms with Gasteiger partial charge in [0.05, 0.1) is 0 Å².